The molecule has 0 heterocycles. The first-order valence-corrected chi connectivity index (χ1v) is 7.24. The van der Waals surface area contributed by atoms with Gasteiger partial charge in [-0.2, -0.15) is 0 Å². The molecule has 0 aromatic heterocycles. The Balaban J connectivity index is 2.46. The Morgan fingerprint density at radius 1 is 1.35 bits per heavy atom. The molecule has 1 unspecified atom stereocenters. The number of carbonyl (C=O) groups is 1. The summed E-state index contributed by atoms with van der Waals surface area (Å²) >= 11 is 0. The summed E-state index contributed by atoms with van der Waals surface area (Å²) in [4.78, 5) is 13.6. The minimum Gasteiger partial charge on any atom is -0.480 e. The number of nitrogens with one attached hydrogen (secondary N) is 1. The van der Waals surface area contributed by atoms with E-state index >= 15 is 0 Å². The first kappa shape index (κ1) is 16.5. The molecular weight excluding hydrogens is 252 g/mol. The van der Waals surface area contributed by atoms with E-state index in [0.717, 1.165) is 31.6 Å². The van der Waals surface area contributed by atoms with Crippen molar-refractivity contribution >= 4 is 11.7 Å². The van der Waals surface area contributed by atoms with Crippen molar-refractivity contribution in [3.8, 4) is 0 Å². The van der Waals surface area contributed by atoms with Gasteiger partial charge >= 0.3 is 5.97 Å². The van der Waals surface area contributed by atoms with Gasteiger partial charge in [-0.1, -0.05) is 25.1 Å². The van der Waals surface area contributed by atoms with Crippen LogP contribution in [0.2, 0.25) is 0 Å². The van der Waals surface area contributed by atoms with Gasteiger partial charge in [0.05, 0.1) is 0 Å². The van der Waals surface area contributed by atoms with E-state index in [2.05, 4.69) is 22.3 Å². The number of anilines is 1. The van der Waals surface area contributed by atoms with Gasteiger partial charge in [-0.05, 0) is 44.9 Å². The van der Waals surface area contributed by atoms with Crippen molar-refractivity contribution in [1.29, 1.82) is 0 Å². The fourth-order valence-electron chi connectivity index (χ4n) is 2.15. The molecule has 0 saturated carbocycles. The van der Waals surface area contributed by atoms with E-state index in [1.165, 1.54) is 0 Å². The molecule has 0 radical (unpaired) electrons. The molecule has 4 heteroatoms. The van der Waals surface area contributed by atoms with Crippen LogP contribution in [-0.2, 0) is 4.79 Å². The molecule has 0 aliphatic heterocycles. The van der Waals surface area contributed by atoms with Gasteiger partial charge in [-0.25, -0.2) is 0 Å². The van der Waals surface area contributed by atoms with E-state index < -0.39 is 11.5 Å². The summed E-state index contributed by atoms with van der Waals surface area (Å²) in [6.07, 6.45) is 2.40. The summed E-state index contributed by atoms with van der Waals surface area (Å²) in [5.74, 6) is -0.770. The Kier molecular flexibility index (Phi) is 6.52. The number of nitrogens with zero attached hydrogens (tertiary/aromatic N) is 1. The van der Waals surface area contributed by atoms with Crippen LogP contribution in [0.25, 0.3) is 0 Å². The standard InChI is InChI=1S/C16H26N2O2/c1-4-12-17-16(2,15(19)20)11-8-13-18(3)14-9-6-5-7-10-14/h5-7,9-10,17H,4,8,11-13H2,1-3H3,(H,19,20). The van der Waals surface area contributed by atoms with Crippen molar-refractivity contribution in [1.82, 2.24) is 5.32 Å². The second-order valence-electron chi connectivity index (χ2n) is 5.42. The van der Waals surface area contributed by atoms with Crippen molar-refractivity contribution in [3.63, 3.8) is 0 Å². The van der Waals surface area contributed by atoms with E-state index in [9.17, 15) is 9.90 Å². The number of hydrogen-bond donors (Lipinski definition) is 2. The summed E-state index contributed by atoms with van der Waals surface area (Å²) < 4.78 is 0. The quantitative estimate of drug-likeness (QED) is 0.729. The van der Waals surface area contributed by atoms with Crippen LogP contribution in [0.5, 0.6) is 0 Å². The van der Waals surface area contributed by atoms with Gasteiger partial charge in [-0.3, -0.25) is 4.79 Å². The van der Waals surface area contributed by atoms with Crippen molar-refractivity contribution < 1.29 is 9.90 Å². The third-order valence-corrected chi connectivity index (χ3v) is 3.60. The van der Waals surface area contributed by atoms with Gasteiger partial charge in [0.15, 0.2) is 0 Å². The van der Waals surface area contributed by atoms with Gasteiger partial charge in [0, 0.05) is 19.3 Å². The van der Waals surface area contributed by atoms with E-state index in [4.69, 9.17) is 0 Å². The van der Waals surface area contributed by atoms with Gasteiger partial charge in [0.1, 0.15) is 5.54 Å². The molecule has 0 spiro atoms. The molecule has 1 atom stereocenters. The molecule has 1 aromatic rings. The van der Waals surface area contributed by atoms with E-state index in [0.29, 0.717) is 6.42 Å². The van der Waals surface area contributed by atoms with Crippen LogP contribution in [0.1, 0.15) is 33.1 Å². The second kappa shape index (κ2) is 7.90. The Bertz CT molecular complexity index is 408. The highest BCUT2D eigenvalue weighted by atomic mass is 16.4. The maximum atomic E-state index is 11.4. The molecule has 0 bridgehead atoms. The highest BCUT2D eigenvalue weighted by molar-refractivity contribution is 5.78. The molecule has 4 nitrogen and oxygen atoms in total. The molecular formula is C16H26N2O2. The maximum Gasteiger partial charge on any atom is 0.323 e. The van der Waals surface area contributed by atoms with Crippen LogP contribution in [0.4, 0.5) is 5.69 Å². The van der Waals surface area contributed by atoms with Crippen molar-refractivity contribution in [2.24, 2.45) is 0 Å². The Morgan fingerprint density at radius 2 is 2.00 bits per heavy atom. The Labute approximate surface area is 121 Å². The van der Waals surface area contributed by atoms with Crippen molar-refractivity contribution in [2.75, 3.05) is 25.0 Å². The highest BCUT2D eigenvalue weighted by Crippen LogP contribution is 2.16. The van der Waals surface area contributed by atoms with Gasteiger partial charge in [0.2, 0.25) is 0 Å². The summed E-state index contributed by atoms with van der Waals surface area (Å²) in [6.45, 7) is 5.39. The van der Waals surface area contributed by atoms with Crippen LogP contribution < -0.4 is 10.2 Å². The predicted octanol–water partition coefficient (Wildman–Crippen LogP) is 2.75. The van der Waals surface area contributed by atoms with Crippen LogP contribution in [0, 0.1) is 0 Å². The van der Waals surface area contributed by atoms with Crippen LogP contribution in [-0.4, -0.2) is 36.8 Å². The maximum absolute atomic E-state index is 11.4. The summed E-state index contributed by atoms with van der Waals surface area (Å²) in [5.41, 5.74) is 0.333. The molecule has 1 rings (SSSR count). The Morgan fingerprint density at radius 3 is 2.55 bits per heavy atom. The lowest BCUT2D eigenvalue weighted by Crippen LogP contribution is -2.50. The first-order valence-electron chi connectivity index (χ1n) is 7.24. The van der Waals surface area contributed by atoms with Crippen molar-refractivity contribution in [3.05, 3.63) is 30.3 Å². The summed E-state index contributed by atoms with van der Waals surface area (Å²) in [5, 5.41) is 12.5. The first-order chi connectivity index (χ1) is 9.49. The number of rotatable bonds is 9. The van der Waals surface area contributed by atoms with Crippen molar-refractivity contribution in [2.45, 2.75) is 38.6 Å². The van der Waals surface area contributed by atoms with E-state index in [1.54, 1.807) is 6.92 Å². The molecule has 0 aliphatic rings. The van der Waals surface area contributed by atoms with E-state index in [-0.39, 0.29) is 0 Å². The van der Waals surface area contributed by atoms with Gasteiger partial charge in [-0.15, -0.1) is 0 Å². The van der Waals surface area contributed by atoms with E-state index in [1.807, 2.05) is 32.2 Å². The molecule has 0 saturated heterocycles. The topological polar surface area (TPSA) is 52.6 Å². The number of carboxylic acids is 1. The fourth-order valence-corrected chi connectivity index (χ4v) is 2.15. The summed E-state index contributed by atoms with van der Waals surface area (Å²) in [7, 11) is 2.03. The molecule has 20 heavy (non-hydrogen) atoms. The lowest BCUT2D eigenvalue weighted by Gasteiger charge is -2.27. The average molecular weight is 278 g/mol. The van der Waals surface area contributed by atoms with Gasteiger partial charge < -0.3 is 15.3 Å². The highest BCUT2D eigenvalue weighted by Gasteiger charge is 2.31. The molecule has 0 aliphatic carbocycles. The van der Waals surface area contributed by atoms with Crippen LogP contribution in [0.15, 0.2) is 30.3 Å². The number of para-hydroxylation sites is 1. The SMILES string of the molecule is CCCNC(C)(CCCN(C)c1ccccc1)C(=O)O. The second-order valence-corrected chi connectivity index (χ2v) is 5.42. The minimum absolute atomic E-state index is 0.625. The largest absolute Gasteiger partial charge is 0.480 e. The summed E-state index contributed by atoms with van der Waals surface area (Å²) in [6, 6.07) is 10.1. The number of hydrogen-bond acceptors (Lipinski definition) is 3. The molecule has 0 amide bonds. The zero-order valence-electron chi connectivity index (χ0n) is 12.7. The zero-order valence-corrected chi connectivity index (χ0v) is 12.7. The fraction of sp³-hybridized carbons (Fsp3) is 0.562. The average Bonchev–Trinajstić information content (AvgIpc) is 2.45. The monoisotopic (exact) mass is 278 g/mol. The zero-order chi connectivity index (χ0) is 15.0. The molecule has 0 fully saturated rings. The minimum atomic E-state index is -0.826. The molecule has 2 N–H and O–H groups in total. The molecule has 112 valence electrons. The van der Waals surface area contributed by atoms with Gasteiger partial charge in [0.25, 0.3) is 0 Å². The lowest BCUT2D eigenvalue weighted by atomic mass is 9.95. The third kappa shape index (κ3) is 4.85. The normalized spacial score (nSPS) is 13.8. The van der Waals surface area contributed by atoms with Crippen LogP contribution in [0.3, 0.4) is 0 Å². The lowest BCUT2D eigenvalue weighted by molar-refractivity contribution is -0.144. The third-order valence-electron chi connectivity index (χ3n) is 3.60. The molecule has 1 aromatic carbocycles. The smallest absolute Gasteiger partial charge is 0.323 e. The number of carboxylic acid groups (broad SMARTS) is 1. The van der Waals surface area contributed by atoms with Crippen LogP contribution >= 0.6 is 0 Å². The Hall–Kier alpha value is -1.55. The predicted molar refractivity (Wildman–Crippen MR) is 83.3 cm³/mol. The number of benzene rings is 1. The number of aliphatic carboxylic acids is 1.